The lowest BCUT2D eigenvalue weighted by molar-refractivity contribution is -0.149. The number of nitrogens with zero attached hydrogens (tertiary/aromatic N) is 5. The number of carboxylic acids is 1. The van der Waals surface area contributed by atoms with Crippen LogP contribution in [0.4, 0.5) is 0 Å². The van der Waals surface area contributed by atoms with E-state index in [1.807, 2.05) is 6.07 Å². The van der Waals surface area contributed by atoms with Gasteiger partial charge in [-0.1, -0.05) is 66.6 Å². The maximum atomic E-state index is 14.0. The average Bonchev–Trinajstić information content (AvgIpc) is 3.16. The van der Waals surface area contributed by atoms with Crippen molar-refractivity contribution in [1.82, 2.24) is 29.8 Å². The molecular weight excluding hydrogens is 700 g/mol. The van der Waals surface area contributed by atoms with Crippen LogP contribution in [0.2, 0.25) is 0 Å². The molecule has 0 aliphatic carbocycles. The summed E-state index contributed by atoms with van der Waals surface area (Å²) in [6, 6.07) is 17.9. The Morgan fingerprint density at radius 2 is 0.926 bits per heavy atom. The molecule has 0 unspecified atom stereocenters. The monoisotopic (exact) mass is 752 g/mol. The molecule has 0 fully saturated rings. The second-order valence-electron chi connectivity index (χ2n) is 12.1. The fourth-order valence-electron chi connectivity index (χ4n) is 5.12. The van der Waals surface area contributed by atoms with E-state index in [2.05, 4.69) is 11.2 Å². The van der Waals surface area contributed by atoms with Crippen molar-refractivity contribution in [1.29, 1.82) is 0 Å². The van der Waals surface area contributed by atoms with Crippen molar-refractivity contribution in [2.24, 2.45) is 0 Å². The molecule has 16 nitrogen and oxygen atoms in total. The molecule has 0 aliphatic rings. The van der Waals surface area contributed by atoms with Gasteiger partial charge in [0.15, 0.2) is 0 Å². The summed E-state index contributed by atoms with van der Waals surface area (Å²) in [4.78, 5) is 86.0. The molecule has 0 saturated heterocycles. The van der Waals surface area contributed by atoms with Gasteiger partial charge in [0, 0.05) is 54.1 Å². The first kappa shape index (κ1) is 44.8. The number of ether oxygens (including phenoxy) is 3. The van der Waals surface area contributed by atoms with Crippen LogP contribution in [0.1, 0.15) is 11.1 Å². The second-order valence-corrected chi connectivity index (χ2v) is 12.1. The molecular formula is C38H52N6O10. The molecule has 0 atom stereocenters. The highest BCUT2D eigenvalue weighted by Crippen LogP contribution is 2.10. The third-order valence-corrected chi connectivity index (χ3v) is 8.03. The second kappa shape index (κ2) is 25.6. The van der Waals surface area contributed by atoms with E-state index in [-0.39, 0.29) is 78.1 Å². The Kier molecular flexibility index (Phi) is 21.3. The number of carboxylic acid groups (broad SMARTS) is 1. The van der Waals surface area contributed by atoms with Crippen LogP contribution in [0.25, 0.3) is 0 Å². The predicted molar refractivity (Wildman–Crippen MR) is 198 cm³/mol. The lowest BCUT2D eigenvalue weighted by atomic mass is 10.2. The van der Waals surface area contributed by atoms with Gasteiger partial charge in [-0.05, 0) is 11.1 Å². The fourth-order valence-corrected chi connectivity index (χ4v) is 5.12. The summed E-state index contributed by atoms with van der Waals surface area (Å²) in [6.07, 6.45) is 5.29. The fraction of sp³-hybridized carbons (Fsp3) is 0.474. The molecule has 2 aromatic rings. The normalized spacial score (nSPS) is 10.6. The van der Waals surface area contributed by atoms with Crippen LogP contribution < -0.4 is 5.32 Å². The minimum Gasteiger partial charge on any atom is -0.480 e. The Hall–Kier alpha value is -5.34. The number of rotatable bonds is 26. The highest BCUT2D eigenvalue weighted by molar-refractivity contribution is 5.92. The largest absolute Gasteiger partial charge is 0.480 e. The molecule has 2 aromatic carbocycles. The first-order chi connectivity index (χ1) is 26.0. The molecule has 294 valence electrons. The Balaban J connectivity index is 2.37. The topological polar surface area (TPSA) is 179 Å². The van der Waals surface area contributed by atoms with E-state index in [1.54, 1.807) is 54.6 Å². The van der Waals surface area contributed by atoms with Crippen molar-refractivity contribution in [3.05, 3.63) is 71.8 Å². The van der Waals surface area contributed by atoms with Crippen LogP contribution in [0.15, 0.2) is 60.7 Å². The summed E-state index contributed by atoms with van der Waals surface area (Å²) in [6.45, 7) is -1.78. The molecule has 16 heteroatoms. The molecule has 0 aliphatic heterocycles. The molecule has 2 N–H and O–H groups in total. The highest BCUT2D eigenvalue weighted by atomic mass is 16.5. The van der Waals surface area contributed by atoms with Gasteiger partial charge in [0.25, 0.3) is 0 Å². The van der Waals surface area contributed by atoms with Gasteiger partial charge in [-0.2, -0.15) is 0 Å². The van der Waals surface area contributed by atoms with Crippen LogP contribution in [0, 0.1) is 12.3 Å². The zero-order valence-electron chi connectivity index (χ0n) is 31.3. The van der Waals surface area contributed by atoms with Gasteiger partial charge in [0.05, 0.1) is 46.0 Å². The number of carbonyl (C=O) groups is 6. The summed E-state index contributed by atoms with van der Waals surface area (Å²) in [5, 5.41) is 12.2. The van der Waals surface area contributed by atoms with Crippen LogP contribution >= 0.6 is 0 Å². The van der Waals surface area contributed by atoms with E-state index in [1.165, 1.54) is 40.9 Å². The molecule has 5 amide bonds. The van der Waals surface area contributed by atoms with Crippen LogP contribution in [0.5, 0.6) is 0 Å². The highest BCUT2D eigenvalue weighted by Gasteiger charge is 2.29. The number of benzene rings is 2. The predicted octanol–water partition coefficient (Wildman–Crippen LogP) is -0.224. The van der Waals surface area contributed by atoms with E-state index in [0.717, 1.165) is 10.5 Å². The molecule has 0 spiro atoms. The summed E-state index contributed by atoms with van der Waals surface area (Å²) in [5.41, 5.74) is 1.44. The van der Waals surface area contributed by atoms with E-state index >= 15 is 0 Å². The van der Waals surface area contributed by atoms with Crippen LogP contribution in [-0.2, 0) is 56.1 Å². The van der Waals surface area contributed by atoms with Gasteiger partial charge >= 0.3 is 5.97 Å². The van der Waals surface area contributed by atoms with E-state index in [9.17, 15) is 33.9 Å². The number of methoxy groups -OCH3 is 3. The lowest BCUT2D eigenvalue weighted by Crippen LogP contribution is -2.52. The zero-order valence-corrected chi connectivity index (χ0v) is 31.3. The van der Waals surface area contributed by atoms with Gasteiger partial charge in [0.1, 0.15) is 19.6 Å². The SMILES string of the molecule is C#CCNCC(=O)N(CCOC)CC(=O)N(CC(=O)N(CCOC)CC(=O)N(CC(=O)N(CCOC)CC(=O)O)Cc1ccccc1)Cc1ccccc1. The molecule has 54 heavy (non-hydrogen) atoms. The average molecular weight is 753 g/mol. The number of aliphatic carboxylic acids is 1. The van der Waals surface area contributed by atoms with Crippen molar-refractivity contribution >= 4 is 35.5 Å². The maximum absolute atomic E-state index is 14.0. The smallest absolute Gasteiger partial charge is 0.323 e. The number of terminal acetylenes is 1. The third kappa shape index (κ3) is 17.0. The van der Waals surface area contributed by atoms with Gasteiger partial charge in [-0.15, -0.1) is 6.42 Å². The van der Waals surface area contributed by atoms with Crippen molar-refractivity contribution in [2.45, 2.75) is 13.1 Å². The number of amides is 5. The first-order valence-electron chi connectivity index (χ1n) is 17.3. The number of hydrogen-bond acceptors (Lipinski definition) is 10. The summed E-state index contributed by atoms with van der Waals surface area (Å²) in [5.74, 6) is -1.51. The molecule has 2 rings (SSSR count). The van der Waals surface area contributed by atoms with Crippen LogP contribution in [-0.4, -0.2) is 172 Å². The van der Waals surface area contributed by atoms with E-state index < -0.39 is 55.8 Å². The Bertz CT molecular complexity index is 1520. The van der Waals surface area contributed by atoms with Gasteiger partial charge < -0.3 is 43.8 Å². The van der Waals surface area contributed by atoms with E-state index in [4.69, 9.17) is 20.6 Å². The Labute approximate surface area is 316 Å². The van der Waals surface area contributed by atoms with Gasteiger partial charge in [-0.25, -0.2) is 0 Å². The van der Waals surface area contributed by atoms with Crippen molar-refractivity contribution in [3.8, 4) is 12.3 Å². The minimum absolute atomic E-state index is 0.00304. The third-order valence-electron chi connectivity index (χ3n) is 8.03. The summed E-state index contributed by atoms with van der Waals surface area (Å²) < 4.78 is 15.4. The Morgan fingerprint density at radius 1 is 0.574 bits per heavy atom. The summed E-state index contributed by atoms with van der Waals surface area (Å²) in [7, 11) is 4.34. The summed E-state index contributed by atoms with van der Waals surface area (Å²) >= 11 is 0. The first-order valence-corrected chi connectivity index (χ1v) is 17.3. The van der Waals surface area contributed by atoms with Crippen LogP contribution in [0.3, 0.4) is 0 Å². The number of hydrogen-bond donors (Lipinski definition) is 2. The zero-order chi connectivity index (χ0) is 39.7. The maximum Gasteiger partial charge on any atom is 0.323 e. The molecule has 0 saturated carbocycles. The van der Waals surface area contributed by atoms with Crippen molar-refractivity contribution < 1.29 is 48.1 Å². The molecule has 0 aromatic heterocycles. The van der Waals surface area contributed by atoms with E-state index in [0.29, 0.717) is 5.56 Å². The van der Waals surface area contributed by atoms with Gasteiger partial charge in [-0.3, -0.25) is 34.1 Å². The number of nitrogens with one attached hydrogen (secondary N) is 1. The van der Waals surface area contributed by atoms with Crippen molar-refractivity contribution in [3.63, 3.8) is 0 Å². The molecule has 0 heterocycles. The number of carbonyl (C=O) groups excluding carboxylic acids is 5. The standard InChI is InChI=1S/C38H52N6O10/c1-5-16-39-23-33(45)40(17-20-52-2)26-36(48)43(24-31-12-8-6-9-13-31)28-34(46)41(18-21-53-3)27-37(49)44(25-32-14-10-7-11-15-32)29-35(47)42(19-22-54-4)30-38(50)51/h1,6-15,39H,16-30H2,2-4H3,(H,50,51). The molecule has 0 radical (unpaired) electrons. The Morgan fingerprint density at radius 3 is 1.30 bits per heavy atom. The minimum atomic E-state index is -1.22. The quantitative estimate of drug-likeness (QED) is 0.0959. The van der Waals surface area contributed by atoms with Crippen molar-refractivity contribution in [2.75, 3.05) is 107 Å². The lowest BCUT2D eigenvalue weighted by Gasteiger charge is -2.31. The van der Waals surface area contributed by atoms with Gasteiger partial charge in [0.2, 0.25) is 29.5 Å². The molecule has 0 bridgehead atoms.